The van der Waals surface area contributed by atoms with E-state index in [4.69, 9.17) is 16.3 Å². The predicted molar refractivity (Wildman–Crippen MR) is 87.2 cm³/mol. The lowest BCUT2D eigenvalue weighted by Crippen LogP contribution is -2.08. The fourth-order valence-electron chi connectivity index (χ4n) is 2.41. The molecule has 1 nitrogen and oxygen atoms in total. The maximum Gasteiger partial charge on any atom is 0.133 e. The van der Waals surface area contributed by atoms with E-state index in [-0.39, 0.29) is 5.38 Å². The molecule has 1 aromatic carbocycles. The summed E-state index contributed by atoms with van der Waals surface area (Å²) < 4.78 is 6.53. The molecule has 0 aliphatic heterocycles. The van der Waals surface area contributed by atoms with Crippen molar-refractivity contribution < 1.29 is 4.74 Å². The normalized spacial score (nSPS) is 12.7. The van der Waals surface area contributed by atoms with Crippen LogP contribution in [0.1, 0.15) is 57.4 Å². The average Bonchev–Trinajstić information content (AvgIpc) is 2.40. The fraction of sp³-hybridized carbons (Fsp3) is 0.625. The van der Waals surface area contributed by atoms with Crippen LogP contribution >= 0.6 is 27.5 Å². The van der Waals surface area contributed by atoms with E-state index in [1.54, 1.807) is 0 Å². The third-order valence-corrected chi connectivity index (χ3v) is 4.54. The molecule has 0 amide bonds. The van der Waals surface area contributed by atoms with E-state index in [0.717, 1.165) is 10.2 Å². The number of alkyl halides is 1. The van der Waals surface area contributed by atoms with E-state index in [1.807, 2.05) is 13.0 Å². The number of halogens is 2. The zero-order chi connectivity index (χ0) is 14.3. The van der Waals surface area contributed by atoms with E-state index < -0.39 is 0 Å². The Hall–Kier alpha value is -0.210. The molecule has 0 heterocycles. The zero-order valence-electron chi connectivity index (χ0n) is 12.1. The highest BCUT2D eigenvalue weighted by Gasteiger charge is 2.20. The second-order valence-electron chi connectivity index (χ2n) is 4.86. The lowest BCUT2D eigenvalue weighted by molar-refractivity contribution is 0.338. The lowest BCUT2D eigenvalue weighted by atomic mass is 9.90. The van der Waals surface area contributed by atoms with Crippen molar-refractivity contribution >= 4 is 27.5 Å². The summed E-state index contributed by atoms with van der Waals surface area (Å²) in [6, 6.07) is 6.19. The van der Waals surface area contributed by atoms with Crippen LogP contribution in [0.5, 0.6) is 5.75 Å². The Bertz CT molecular complexity index is 375. The largest absolute Gasteiger partial charge is 0.493 e. The molecule has 1 unspecified atom stereocenters. The van der Waals surface area contributed by atoms with Crippen LogP contribution in [0.15, 0.2) is 22.7 Å². The van der Waals surface area contributed by atoms with Gasteiger partial charge in [-0.1, -0.05) is 32.8 Å². The summed E-state index contributed by atoms with van der Waals surface area (Å²) >= 11 is 10.2. The monoisotopic (exact) mass is 346 g/mol. The van der Waals surface area contributed by atoms with Crippen LogP contribution in [0, 0.1) is 5.92 Å². The first kappa shape index (κ1) is 16.8. The van der Waals surface area contributed by atoms with Crippen LogP contribution in [0.4, 0.5) is 0 Å². The summed E-state index contributed by atoms with van der Waals surface area (Å²) in [6.07, 6.45) is 4.75. The van der Waals surface area contributed by atoms with Crippen molar-refractivity contribution in [3.63, 3.8) is 0 Å². The van der Waals surface area contributed by atoms with Gasteiger partial charge >= 0.3 is 0 Å². The number of benzene rings is 1. The first-order chi connectivity index (χ1) is 9.13. The van der Waals surface area contributed by atoms with Crippen LogP contribution in [0.25, 0.3) is 0 Å². The van der Waals surface area contributed by atoms with E-state index in [2.05, 4.69) is 41.9 Å². The highest BCUT2D eigenvalue weighted by atomic mass is 79.9. The van der Waals surface area contributed by atoms with Gasteiger partial charge in [-0.25, -0.2) is 0 Å². The van der Waals surface area contributed by atoms with Crippen LogP contribution in [0.2, 0.25) is 0 Å². The lowest BCUT2D eigenvalue weighted by Gasteiger charge is -2.22. The van der Waals surface area contributed by atoms with Gasteiger partial charge in [-0.3, -0.25) is 0 Å². The first-order valence-corrected chi connectivity index (χ1v) is 8.43. The minimum atomic E-state index is 0.0897. The molecule has 108 valence electrons. The summed E-state index contributed by atoms with van der Waals surface area (Å²) in [4.78, 5) is 0. The minimum Gasteiger partial charge on any atom is -0.493 e. The summed E-state index contributed by atoms with van der Waals surface area (Å²) in [7, 11) is 0. The van der Waals surface area contributed by atoms with E-state index in [1.165, 1.54) is 31.2 Å². The quantitative estimate of drug-likeness (QED) is 0.498. The van der Waals surface area contributed by atoms with Crippen molar-refractivity contribution in [1.82, 2.24) is 0 Å². The molecule has 0 aromatic heterocycles. The Labute approximate surface area is 130 Å². The van der Waals surface area contributed by atoms with E-state index >= 15 is 0 Å². The van der Waals surface area contributed by atoms with Gasteiger partial charge in [0.25, 0.3) is 0 Å². The third-order valence-electron chi connectivity index (χ3n) is 3.31. The van der Waals surface area contributed by atoms with Crippen molar-refractivity contribution in [2.75, 3.05) is 6.61 Å². The Morgan fingerprint density at radius 3 is 2.26 bits per heavy atom. The van der Waals surface area contributed by atoms with Gasteiger partial charge < -0.3 is 4.74 Å². The fourth-order valence-corrected chi connectivity index (χ4v) is 3.31. The van der Waals surface area contributed by atoms with Gasteiger partial charge in [-0.15, -0.1) is 11.6 Å². The molecule has 0 radical (unpaired) electrons. The van der Waals surface area contributed by atoms with E-state index in [9.17, 15) is 0 Å². The molecule has 0 saturated carbocycles. The molecule has 0 saturated heterocycles. The summed E-state index contributed by atoms with van der Waals surface area (Å²) in [6.45, 7) is 7.11. The van der Waals surface area contributed by atoms with Gasteiger partial charge in [-0.05, 0) is 59.3 Å². The van der Waals surface area contributed by atoms with Crippen LogP contribution in [0.3, 0.4) is 0 Å². The standard InChI is InChI=1S/C16H24BrClO/c1-4-7-12(8-5-2)16(18)13-9-10-15(19-6-3)14(17)11-13/h9-12,16H,4-8H2,1-3H3. The van der Waals surface area contributed by atoms with Crippen LogP contribution in [-0.2, 0) is 0 Å². The molecule has 0 aliphatic rings. The molecule has 0 aliphatic carbocycles. The second-order valence-corrected chi connectivity index (χ2v) is 6.19. The van der Waals surface area contributed by atoms with Crippen LogP contribution < -0.4 is 4.74 Å². The molecule has 1 rings (SSSR count). The van der Waals surface area contributed by atoms with Crippen molar-refractivity contribution in [3.05, 3.63) is 28.2 Å². The average molecular weight is 348 g/mol. The van der Waals surface area contributed by atoms with Crippen molar-refractivity contribution in [1.29, 1.82) is 0 Å². The topological polar surface area (TPSA) is 9.23 Å². The Morgan fingerprint density at radius 1 is 1.16 bits per heavy atom. The Morgan fingerprint density at radius 2 is 1.79 bits per heavy atom. The molecule has 1 aromatic rings. The van der Waals surface area contributed by atoms with Crippen molar-refractivity contribution in [2.24, 2.45) is 5.92 Å². The molecule has 3 heteroatoms. The van der Waals surface area contributed by atoms with Crippen LogP contribution in [-0.4, -0.2) is 6.61 Å². The molecule has 0 N–H and O–H groups in total. The van der Waals surface area contributed by atoms with E-state index in [0.29, 0.717) is 12.5 Å². The number of ether oxygens (including phenoxy) is 1. The maximum atomic E-state index is 6.67. The Kier molecular flexibility index (Phi) is 7.86. The van der Waals surface area contributed by atoms with Gasteiger partial charge in [0.15, 0.2) is 0 Å². The maximum absolute atomic E-state index is 6.67. The summed E-state index contributed by atoms with van der Waals surface area (Å²) in [5, 5.41) is 0.0897. The van der Waals surface area contributed by atoms with Gasteiger partial charge in [0.2, 0.25) is 0 Å². The highest BCUT2D eigenvalue weighted by Crippen LogP contribution is 2.38. The van der Waals surface area contributed by atoms with Gasteiger partial charge in [0, 0.05) is 0 Å². The first-order valence-electron chi connectivity index (χ1n) is 7.20. The molecule has 0 fully saturated rings. The number of hydrogen-bond acceptors (Lipinski definition) is 1. The van der Waals surface area contributed by atoms with Gasteiger partial charge in [0.05, 0.1) is 16.5 Å². The minimum absolute atomic E-state index is 0.0897. The van der Waals surface area contributed by atoms with Gasteiger partial charge in [0.1, 0.15) is 5.75 Å². The third kappa shape index (κ3) is 5.00. The molecule has 1 atom stereocenters. The van der Waals surface area contributed by atoms with Gasteiger partial charge in [-0.2, -0.15) is 0 Å². The SMILES string of the molecule is CCCC(CCC)C(Cl)c1ccc(OCC)c(Br)c1. The smallest absolute Gasteiger partial charge is 0.133 e. The molecule has 0 spiro atoms. The molecule has 0 bridgehead atoms. The number of hydrogen-bond donors (Lipinski definition) is 0. The Balaban J connectivity index is 2.85. The van der Waals surface area contributed by atoms with Crippen molar-refractivity contribution in [3.8, 4) is 5.75 Å². The predicted octanol–water partition coefficient (Wildman–Crippen LogP) is 6.34. The molecule has 19 heavy (non-hydrogen) atoms. The second kappa shape index (κ2) is 8.86. The summed E-state index contributed by atoms with van der Waals surface area (Å²) in [5.74, 6) is 1.44. The number of rotatable bonds is 8. The molecular formula is C16H24BrClO. The van der Waals surface area contributed by atoms with Crippen molar-refractivity contribution in [2.45, 2.75) is 51.8 Å². The zero-order valence-corrected chi connectivity index (χ0v) is 14.4. The highest BCUT2D eigenvalue weighted by molar-refractivity contribution is 9.10. The molecular weight excluding hydrogens is 324 g/mol. The summed E-state index contributed by atoms with van der Waals surface area (Å²) in [5.41, 5.74) is 1.18.